The maximum absolute atomic E-state index is 12.4. The van der Waals surface area contributed by atoms with Crippen LogP contribution in [-0.2, 0) is 14.8 Å². The molecular weight excluding hydrogens is 266 g/mol. The van der Waals surface area contributed by atoms with Crippen molar-refractivity contribution in [3.63, 3.8) is 0 Å². The number of aryl methyl sites for hydroxylation is 1. The van der Waals surface area contributed by atoms with E-state index in [1.165, 1.54) is 12.1 Å². The smallest absolute Gasteiger partial charge is 0.266 e. The number of sulfonamides is 1. The Labute approximate surface area is 112 Å². The van der Waals surface area contributed by atoms with Crippen molar-refractivity contribution >= 4 is 15.9 Å². The Hall–Kier alpha value is -1.40. The molecule has 0 aliphatic carbocycles. The average molecular weight is 283 g/mol. The number of carbonyl (C=O) groups is 1. The van der Waals surface area contributed by atoms with Gasteiger partial charge in [-0.05, 0) is 25.5 Å². The van der Waals surface area contributed by atoms with E-state index in [0.717, 1.165) is 9.87 Å². The molecule has 19 heavy (non-hydrogen) atoms. The lowest BCUT2D eigenvalue weighted by molar-refractivity contribution is -0.148. The van der Waals surface area contributed by atoms with Crippen molar-refractivity contribution in [2.75, 3.05) is 6.61 Å². The first kappa shape index (κ1) is 14.0. The molecule has 1 saturated heterocycles. The van der Waals surface area contributed by atoms with Gasteiger partial charge in [-0.3, -0.25) is 4.79 Å². The Morgan fingerprint density at radius 2 is 1.84 bits per heavy atom. The van der Waals surface area contributed by atoms with Crippen LogP contribution >= 0.6 is 0 Å². The van der Waals surface area contributed by atoms with E-state index in [1.807, 2.05) is 6.92 Å². The van der Waals surface area contributed by atoms with Crippen LogP contribution in [0.4, 0.5) is 0 Å². The van der Waals surface area contributed by atoms with E-state index in [0.29, 0.717) is 6.42 Å². The van der Waals surface area contributed by atoms with Crippen molar-refractivity contribution in [3.05, 3.63) is 29.8 Å². The molecule has 0 unspecified atom stereocenters. The van der Waals surface area contributed by atoms with E-state index < -0.39 is 27.9 Å². The van der Waals surface area contributed by atoms with E-state index in [2.05, 4.69) is 0 Å². The summed E-state index contributed by atoms with van der Waals surface area (Å²) in [4.78, 5) is 12.0. The molecule has 6 heteroatoms. The number of carbonyl (C=O) groups excluding carboxylic acids is 1. The molecule has 2 atom stereocenters. The van der Waals surface area contributed by atoms with Gasteiger partial charge in [0.25, 0.3) is 10.0 Å². The third kappa shape index (κ3) is 2.15. The normalized spacial score (nSPS) is 23.3. The second-order valence-electron chi connectivity index (χ2n) is 4.72. The third-order valence-corrected chi connectivity index (χ3v) is 5.34. The summed E-state index contributed by atoms with van der Waals surface area (Å²) in [5.41, 5.74) is 0.944. The summed E-state index contributed by atoms with van der Waals surface area (Å²) in [6.07, 6.45) is 0.532. The van der Waals surface area contributed by atoms with Crippen molar-refractivity contribution in [2.45, 2.75) is 31.2 Å². The molecule has 1 amide bonds. The lowest BCUT2D eigenvalue weighted by Gasteiger charge is -2.44. The number of aliphatic hydroxyl groups is 1. The van der Waals surface area contributed by atoms with Gasteiger partial charge in [0.05, 0.1) is 23.5 Å². The van der Waals surface area contributed by atoms with Gasteiger partial charge < -0.3 is 5.11 Å². The van der Waals surface area contributed by atoms with Gasteiger partial charge >= 0.3 is 0 Å². The third-order valence-electron chi connectivity index (χ3n) is 3.50. The number of hydrogen-bond acceptors (Lipinski definition) is 4. The highest BCUT2D eigenvalue weighted by Gasteiger charge is 2.52. The largest absolute Gasteiger partial charge is 0.394 e. The first-order valence-electron chi connectivity index (χ1n) is 6.19. The van der Waals surface area contributed by atoms with E-state index >= 15 is 0 Å². The van der Waals surface area contributed by atoms with Crippen molar-refractivity contribution < 1.29 is 18.3 Å². The van der Waals surface area contributed by atoms with Crippen molar-refractivity contribution in [3.8, 4) is 0 Å². The SMILES string of the molecule is CC[C@@H]1C(=O)N(S(=O)(=O)c2ccc(C)cc2)[C@H]1CO. The van der Waals surface area contributed by atoms with Crippen LogP contribution in [0.3, 0.4) is 0 Å². The predicted molar refractivity (Wildman–Crippen MR) is 69.9 cm³/mol. The molecule has 0 saturated carbocycles. The fourth-order valence-electron chi connectivity index (χ4n) is 2.34. The molecule has 1 aliphatic rings. The van der Waals surface area contributed by atoms with Gasteiger partial charge in [0.1, 0.15) is 0 Å². The molecule has 1 aliphatic heterocycles. The van der Waals surface area contributed by atoms with Crippen LogP contribution in [0.2, 0.25) is 0 Å². The predicted octanol–water partition coefficient (Wildman–Crippen LogP) is 0.913. The van der Waals surface area contributed by atoms with E-state index in [4.69, 9.17) is 0 Å². The van der Waals surface area contributed by atoms with Crippen LogP contribution in [0.1, 0.15) is 18.9 Å². The lowest BCUT2D eigenvalue weighted by atomic mass is 9.89. The Balaban J connectivity index is 2.35. The zero-order valence-corrected chi connectivity index (χ0v) is 11.7. The molecule has 0 radical (unpaired) electrons. The molecule has 1 aromatic carbocycles. The molecule has 0 aromatic heterocycles. The fourth-order valence-corrected chi connectivity index (χ4v) is 3.99. The standard InChI is InChI=1S/C13H17NO4S/c1-3-11-12(8-15)14(13(11)16)19(17,18)10-6-4-9(2)5-7-10/h4-7,11-12,15H,3,8H2,1-2H3/t11-,12-/m0/s1. The number of rotatable bonds is 4. The molecule has 1 fully saturated rings. The van der Waals surface area contributed by atoms with Gasteiger partial charge in [0.15, 0.2) is 0 Å². The first-order chi connectivity index (χ1) is 8.93. The number of benzene rings is 1. The molecule has 0 spiro atoms. The van der Waals surface area contributed by atoms with E-state index in [9.17, 15) is 18.3 Å². The van der Waals surface area contributed by atoms with E-state index in [1.54, 1.807) is 19.1 Å². The molecule has 5 nitrogen and oxygen atoms in total. The maximum Gasteiger partial charge on any atom is 0.266 e. The van der Waals surface area contributed by atoms with Gasteiger partial charge in [0, 0.05) is 0 Å². The Morgan fingerprint density at radius 3 is 2.32 bits per heavy atom. The minimum absolute atomic E-state index is 0.0828. The molecule has 1 N–H and O–H groups in total. The number of β-lactam (4-membered cyclic amide) rings is 1. The highest BCUT2D eigenvalue weighted by atomic mass is 32.2. The summed E-state index contributed by atoms with van der Waals surface area (Å²) in [5, 5.41) is 9.27. The van der Waals surface area contributed by atoms with Gasteiger partial charge in [-0.1, -0.05) is 24.6 Å². The number of amides is 1. The van der Waals surface area contributed by atoms with Crippen molar-refractivity contribution in [1.82, 2.24) is 4.31 Å². The molecule has 0 bridgehead atoms. The van der Waals surface area contributed by atoms with Crippen LogP contribution in [0, 0.1) is 12.8 Å². The minimum atomic E-state index is -3.85. The highest BCUT2D eigenvalue weighted by molar-refractivity contribution is 7.89. The highest BCUT2D eigenvalue weighted by Crippen LogP contribution is 2.34. The minimum Gasteiger partial charge on any atom is -0.394 e. The fraction of sp³-hybridized carbons (Fsp3) is 0.462. The lowest BCUT2D eigenvalue weighted by Crippen LogP contribution is -2.64. The first-order valence-corrected chi connectivity index (χ1v) is 7.63. The maximum atomic E-state index is 12.4. The van der Waals surface area contributed by atoms with Crippen LogP contribution in [0.5, 0.6) is 0 Å². The van der Waals surface area contributed by atoms with Crippen molar-refractivity contribution in [2.24, 2.45) is 5.92 Å². The van der Waals surface area contributed by atoms with Crippen LogP contribution in [0.15, 0.2) is 29.2 Å². The topological polar surface area (TPSA) is 74.7 Å². The molecule has 104 valence electrons. The quantitative estimate of drug-likeness (QED) is 0.834. The van der Waals surface area contributed by atoms with Gasteiger partial charge in [-0.15, -0.1) is 0 Å². The van der Waals surface area contributed by atoms with Crippen LogP contribution in [-0.4, -0.2) is 36.4 Å². The van der Waals surface area contributed by atoms with Gasteiger partial charge in [-0.25, -0.2) is 12.7 Å². The molecule has 1 heterocycles. The zero-order chi connectivity index (χ0) is 14.2. The summed E-state index contributed by atoms with van der Waals surface area (Å²) < 4.78 is 25.5. The second-order valence-corrected chi connectivity index (χ2v) is 6.53. The summed E-state index contributed by atoms with van der Waals surface area (Å²) in [6, 6.07) is 5.69. The summed E-state index contributed by atoms with van der Waals surface area (Å²) in [6.45, 7) is 3.32. The molecule has 1 aromatic rings. The molecular formula is C13H17NO4S. The molecule has 2 rings (SSSR count). The second kappa shape index (κ2) is 4.94. The summed E-state index contributed by atoms with van der Waals surface area (Å²) in [7, 11) is -3.85. The van der Waals surface area contributed by atoms with Crippen molar-refractivity contribution in [1.29, 1.82) is 0 Å². The Morgan fingerprint density at radius 1 is 1.26 bits per heavy atom. The number of hydrogen-bond donors (Lipinski definition) is 1. The zero-order valence-electron chi connectivity index (χ0n) is 10.9. The Kier molecular flexibility index (Phi) is 3.64. The number of aliphatic hydroxyl groups excluding tert-OH is 1. The summed E-state index contributed by atoms with van der Waals surface area (Å²) >= 11 is 0. The number of nitrogens with zero attached hydrogens (tertiary/aromatic N) is 1. The van der Waals surface area contributed by atoms with Crippen LogP contribution in [0.25, 0.3) is 0 Å². The summed E-state index contributed by atoms with van der Waals surface area (Å²) in [5.74, 6) is -0.827. The Bertz CT molecular complexity index is 579. The average Bonchev–Trinajstić information content (AvgIpc) is 2.36. The van der Waals surface area contributed by atoms with Gasteiger partial charge in [-0.2, -0.15) is 0 Å². The monoisotopic (exact) mass is 283 g/mol. The van der Waals surface area contributed by atoms with E-state index in [-0.39, 0.29) is 11.5 Å². The van der Waals surface area contributed by atoms with Gasteiger partial charge in [0.2, 0.25) is 5.91 Å². The van der Waals surface area contributed by atoms with Crippen LogP contribution < -0.4 is 0 Å².